The lowest BCUT2D eigenvalue weighted by atomic mass is 9.43. The molecule has 4 rings (SSSR count). The minimum atomic E-state index is -0.0570. The van der Waals surface area contributed by atoms with Crippen LogP contribution in [0.15, 0.2) is 0 Å². The number of fused-ring (bicyclic) bond motifs is 5. The van der Waals surface area contributed by atoms with Crippen molar-refractivity contribution in [2.24, 2.45) is 46.3 Å². The molecule has 4 saturated carbocycles. The van der Waals surface area contributed by atoms with Gasteiger partial charge >= 0.3 is 5.97 Å². The standard InChI is InChI=1S/C29H50O5/c1-8-34-26(30)12-9-18(2)21-10-11-22-27-23(17-25(33-7)29(21,22)4)28(3)14-13-20(31-5)15-19(28)16-24(27)32-6/h18-25,27H,8-17H2,1-7H3/t18-,19+,20-,21-,22+,23+,24-,25+,27+,28+,29-/m1/s1. The smallest absolute Gasteiger partial charge is 0.305 e. The molecule has 11 atom stereocenters. The fraction of sp³-hybridized carbons (Fsp3) is 0.966. The molecule has 5 nitrogen and oxygen atoms in total. The minimum absolute atomic E-state index is 0.0570. The number of carbonyl (C=O) groups is 1. The lowest BCUT2D eigenvalue weighted by Crippen LogP contribution is -2.63. The third-order valence-electron chi connectivity index (χ3n) is 11.5. The summed E-state index contributed by atoms with van der Waals surface area (Å²) < 4.78 is 23.7. The van der Waals surface area contributed by atoms with E-state index in [1.54, 1.807) is 0 Å². The highest BCUT2D eigenvalue weighted by Gasteiger charge is 2.66. The molecule has 0 bridgehead atoms. The molecule has 34 heavy (non-hydrogen) atoms. The third-order valence-corrected chi connectivity index (χ3v) is 11.5. The van der Waals surface area contributed by atoms with Crippen LogP contribution in [0.5, 0.6) is 0 Å². The van der Waals surface area contributed by atoms with E-state index in [1.807, 2.05) is 28.3 Å². The van der Waals surface area contributed by atoms with Crippen LogP contribution in [0.25, 0.3) is 0 Å². The van der Waals surface area contributed by atoms with Crippen LogP contribution in [0.1, 0.15) is 85.5 Å². The van der Waals surface area contributed by atoms with Crippen LogP contribution in [-0.2, 0) is 23.7 Å². The number of hydrogen-bond acceptors (Lipinski definition) is 5. The Morgan fingerprint density at radius 3 is 2.38 bits per heavy atom. The van der Waals surface area contributed by atoms with Gasteiger partial charge in [-0.25, -0.2) is 0 Å². The first-order chi connectivity index (χ1) is 16.2. The number of rotatable bonds is 8. The van der Waals surface area contributed by atoms with Gasteiger partial charge in [-0.2, -0.15) is 0 Å². The van der Waals surface area contributed by atoms with Crippen molar-refractivity contribution in [2.45, 2.75) is 104 Å². The van der Waals surface area contributed by atoms with Crippen LogP contribution in [-0.4, -0.2) is 52.2 Å². The van der Waals surface area contributed by atoms with Crippen LogP contribution in [0.4, 0.5) is 0 Å². The highest BCUT2D eigenvalue weighted by Crippen LogP contribution is 2.69. The van der Waals surface area contributed by atoms with Gasteiger partial charge in [0.1, 0.15) is 0 Å². The lowest BCUT2D eigenvalue weighted by molar-refractivity contribution is -0.218. The molecule has 0 saturated heterocycles. The monoisotopic (exact) mass is 478 g/mol. The second kappa shape index (κ2) is 10.4. The SMILES string of the molecule is CCOC(=O)CC[C@@H](C)[C@H]1CC[C@H]2[C@@H]3[C@H](OC)C[C@@H]4C[C@H](OC)CC[C@]4(C)[C@H]3C[C@H](OC)[C@]12C. The fourth-order valence-electron chi connectivity index (χ4n) is 9.66. The van der Waals surface area contributed by atoms with Crippen molar-refractivity contribution >= 4 is 5.97 Å². The third kappa shape index (κ3) is 4.26. The predicted molar refractivity (Wildman–Crippen MR) is 133 cm³/mol. The van der Waals surface area contributed by atoms with E-state index in [4.69, 9.17) is 18.9 Å². The van der Waals surface area contributed by atoms with Crippen molar-refractivity contribution in [3.05, 3.63) is 0 Å². The first-order valence-electron chi connectivity index (χ1n) is 14.0. The molecule has 0 spiro atoms. The average Bonchev–Trinajstić information content (AvgIpc) is 3.19. The normalized spacial score (nSPS) is 46.8. The molecule has 0 amide bonds. The lowest BCUT2D eigenvalue weighted by Gasteiger charge is -2.64. The summed E-state index contributed by atoms with van der Waals surface area (Å²) in [6.45, 7) is 9.80. The van der Waals surface area contributed by atoms with Crippen LogP contribution >= 0.6 is 0 Å². The van der Waals surface area contributed by atoms with Gasteiger partial charge in [0, 0.05) is 33.2 Å². The number of hydrogen-bond donors (Lipinski definition) is 0. The quantitative estimate of drug-likeness (QED) is 0.407. The molecule has 5 heteroatoms. The van der Waals surface area contributed by atoms with Gasteiger partial charge in [-0.1, -0.05) is 20.8 Å². The first-order valence-corrected chi connectivity index (χ1v) is 14.0. The Kier molecular flexibility index (Phi) is 8.06. The van der Waals surface area contributed by atoms with Gasteiger partial charge in [0.25, 0.3) is 0 Å². The zero-order valence-corrected chi connectivity index (χ0v) is 22.8. The summed E-state index contributed by atoms with van der Waals surface area (Å²) in [6, 6.07) is 0. The summed E-state index contributed by atoms with van der Waals surface area (Å²) in [4.78, 5) is 12.1. The van der Waals surface area contributed by atoms with E-state index in [0.29, 0.717) is 66.2 Å². The van der Waals surface area contributed by atoms with E-state index in [-0.39, 0.29) is 17.5 Å². The van der Waals surface area contributed by atoms with Gasteiger partial charge in [0.15, 0.2) is 0 Å². The van der Waals surface area contributed by atoms with E-state index in [9.17, 15) is 4.79 Å². The van der Waals surface area contributed by atoms with Crippen molar-refractivity contribution in [3.8, 4) is 0 Å². The van der Waals surface area contributed by atoms with E-state index in [0.717, 1.165) is 12.8 Å². The van der Waals surface area contributed by atoms with E-state index >= 15 is 0 Å². The Morgan fingerprint density at radius 2 is 1.74 bits per heavy atom. The predicted octanol–water partition coefficient (Wildman–Crippen LogP) is 5.89. The zero-order chi connectivity index (χ0) is 24.7. The van der Waals surface area contributed by atoms with Crippen molar-refractivity contribution in [1.82, 2.24) is 0 Å². The summed E-state index contributed by atoms with van der Waals surface area (Å²) >= 11 is 0. The molecule has 196 valence electrons. The summed E-state index contributed by atoms with van der Waals surface area (Å²) in [5, 5.41) is 0. The maximum Gasteiger partial charge on any atom is 0.305 e. The van der Waals surface area contributed by atoms with Crippen molar-refractivity contribution in [1.29, 1.82) is 0 Å². The van der Waals surface area contributed by atoms with Gasteiger partial charge in [0.2, 0.25) is 0 Å². The van der Waals surface area contributed by atoms with Crippen LogP contribution < -0.4 is 0 Å². The molecule has 0 aromatic rings. The van der Waals surface area contributed by atoms with Gasteiger partial charge in [-0.15, -0.1) is 0 Å². The molecule has 0 radical (unpaired) electrons. The second-order valence-electron chi connectivity index (χ2n) is 12.5. The van der Waals surface area contributed by atoms with Crippen molar-refractivity contribution in [3.63, 3.8) is 0 Å². The van der Waals surface area contributed by atoms with Gasteiger partial charge in [-0.05, 0) is 99.2 Å². The molecule has 0 aromatic heterocycles. The molecule has 0 heterocycles. The molecular formula is C29H50O5. The van der Waals surface area contributed by atoms with E-state index in [1.165, 1.54) is 38.5 Å². The first kappa shape index (κ1) is 26.4. The maximum atomic E-state index is 12.1. The van der Waals surface area contributed by atoms with Gasteiger partial charge in [0.05, 0.1) is 24.9 Å². The van der Waals surface area contributed by atoms with Gasteiger partial charge in [-0.3, -0.25) is 4.79 Å². The molecule has 0 aromatic carbocycles. The summed E-state index contributed by atoms with van der Waals surface area (Å²) in [6.07, 6.45) is 10.8. The molecular weight excluding hydrogens is 428 g/mol. The minimum Gasteiger partial charge on any atom is -0.466 e. The molecule has 0 N–H and O–H groups in total. The van der Waals surface area contributed by atoms with E-state index in [2.05, 4.69) is 20.8 Å². The Labute approximate surface area is 208 Å². The van der Waals surface area contributed by atoms with Crippen LogP contribution in [0.2, 0.25) is 0 Å². The molecule has 4 aliphatic rings. The highest BCUT2D eigenvalue weighted by atomic mass is 16.5. The van der Waals surface area contributed by atoms with Crippen molar-refractivity contribution < 1.29 is 23.7 Å². The Bertz CT molecular complexity index is 711. The fourth-order valence-corrected chi connectivity index (χ4v) is 9.66. The number of methoxy groups -OCH3 is 3. The molecule has 4 fully saturated rings. The van der Waals surface area contributed by atoms with Crippen LogP contribution in [0, 0.1) is 46.3 Å². The number of ether oxygens (including phenoxy) is 4. The number of esters is 1. The second-order valence-corrected chi connectivity index (χ2v) is 12.5. The average molecular weight is 479 g/mol. The largest absolute Gasteiger partial charge is 0.466 e. The highest BCUT2D eigenvalue weighted by molar-refractivity contribution is 5.69. The Balaban J connectivity index is 1.60. The molecule has 0 unspecified atom stereocenters. The van der Waals surface area contributed by atoms with Crippen molar-refractivity contribution in [2.75, 3.05) is 27.9 Å². The molecule has 0 aliphatic heterocycles. The summed E-state index contributed by atoms with van der Waals surface area (Å²) in [7, 11) is 5.75. The Hall–Kier alpha value is -0.650. The Morgan fingerprint density at radius 1 is 0.971 bits per heavy atom. The maximum absolute atomic E-state index is 12.1. The summed E-state index contributed by atoms with van der Waals surface area (Å²) in [5.41, 5.74) is 0.480. The van der Waals surface area contributed by atoms with Crippen LogP contribution in [0.3, 0.4) is 0 Å². The summed E-state index contributed by atoms with van der Waals surface area (Å²) in [5.74, 6) is 3.53. The topological polar surface area (TPSA) is 54.0 Å². The number of carbonyl (C=O) groups excluding carboxylic acids is 1. The molecule has 4 aliphatic carbocycles. The van der Waals surface area contributed by atoms with Gasteiger partial charge < -0.3 is 18.9 Å². The zero-order valence-electron chi connectivity index (χ0n) is 22.8. The van der Waals surface area contributed by atoms with E-state index < -0.39 is 0 Å².